The molecular formula is C27H30N2O5. The van der Waals surface area contributed by atoms with E-state index in [-0.39, 0.29) is 17.4 Å². The monoisotopic (exact) mass is 462 g/mol. The van der Waals surface area contributed by atoms with E-state index in [0.717, 1.165) is 62.6 Å². The normalized spacial score (nSPS) is 24.3. The number of fused-ring (bicyclic) bond motifs is 1. The maximum absolute atomic E-state index is 13.2. The Morgan fingerprint density at radius 1 is 1.06 bits per heavy atom. The van der Waals surface area contributed by atoms with E-state index in [1.165, 1.54) is 0 Å². The van der Waals surface area contributed by atoms with E-state index in [1.807, 2.05) is 49.4 Å². The average molecular weight is 463 g/mol. The fourth-order valence-corrected chi connectivity index (χ4v) is 5.11. The van der Waals surface area contributed by atoms with Crippen LogP contribution in [0.1, 0.15) is 36.1 Å². The molecule has 1 amide bonds. The molecule has 5 rings (SSSR count). The van der Waals surface area contributed by atoms with Gasteiger partial charge in [-0.15, -0.1) is 0 Å². The molecule has 178 valence electrons. The summed E-state index contributed by atoms with van der Waals surface area (Å²) in [5.74, 6) is -0.532. The molecule has 7 heteroatoms. The molecule has 0 radical (unpaired) electrons. The number of ether oxygens (including phenoxy) is 2. The number of hydrogen-bond acceptors (Lipinski definition) is 6. The largest absolute Gasteiger partial charge is 0.507 e. The number of aliphatic hydroxyl groups excluding tert-OH is 1. The molecule has 0 aliphatic carbocycles. The van der Waals surface area contributed by atoms with Crippen molar-refractivity contribution in [3.63, 3.8) is 0 Å². The summed E-state index contributed by atoms with van der Waals surface area (Å²) in [5, 5.41) is 11.3. The third-order valence-electron chi connectivity index (χ3n) is 6.80. The molecule has 3 aliphatic rings. The molecule has 1 N–H and O–H groups in total. The van der Waals surface area contributed by atoms with Gasteiger partial charge in [0.15, 0.2) is 0 Å². The van der Waals surface area contributed by atoms with Gasteiger partial charge in [0, 0.05) is 38.2 Å². The molecule has 2 aromatic rings. The van der Waals surface area contributed by atoms with Crippen LogP contribution in [0.25, 0.3) is 5.76 Å². The molecule has 2 aromatic carbocycles. The highest BCUT2D eigenvalue weighted by atomic mass is 16.5. The van der Waals surface area contributed by atoms with Gasteiger partial charge in [0.2, 0.25) is 0 Å². The quantitative estimate of drug-likeness (QED) is 0.404. The fourth-order valence-electron chi connectivity index (χ4n) is 5.11. The lowest BCUT2D eigenvalue weighted by molar-refractivity contribution is -0.140. The van der Waals surface area contributed by atoms with Gasteiger partial charge in [0.05, 0.1) is 24.8 Å². The molecule has 3 heterocycles. The number of rotatable bonds is 6. The molecule has 0 aromatic heterocycles. The highest BCUT2D eigenvalue weighted by Gasteiger charge is 2.45. The summed E-state index contributed by atoms with van der Waals surface area (Å²) in [6.07, 6.45) is 1.56. The number of carbonyl (C=O) groups excluding carboxylic acids is 2. The van der Waals surface area contributed by atoms with Crippen molar-refractivity contribution in [2.75, 3.05) is 39.4 Å². The maximum atomic E-state index is 13.2. The van der Waals surface area contributed by atoms with Gasteiger partial charge in [-0.25, -0.2) is 0 Å². The van der Waals surface area contributed by atoms with Crippen molar-refractivity contribution in [2.24, 2.45) is 0 Å². The number of nitrogens with zero attached hydrogens (tertiary/aromatic N) is 2. The minimum Gasteiger partial charge on any atom is -0.507 e. The number of morpholine rings is 1. The van der Waals surface area contributed by atoms with E-state index in [2.05, 4.69) is 4.90 Å². The van der Waals surface area contributed by atoms with Crippen LogP contribution in [0.15, 0.2) is 54.1 Å². The topological polar surface area (TPSA) is 79.3 Å². The SMILES string of the molecule is C[C@H]1Cc2cc(C(O)=C3C(=O)C(=O)N(CCCN4CCOCC4)[C@H]3c3ccccc3)ccc2O1. The predicted octanol–water partition coefficient (Wildman–Crippen LogP) is 3.15. The molecule has 2 atom stereocenters. The number of ketones is 1. The van der Waals surface area contributed by atoms with Crippen molar-refractivity contribution >= 4 is 17.4 Å². The standard InChI is InChI=1S/C27H30N2O5/c1-18-16-21-17-20(8-9-22(21)34-18)25(30)23-24(19-6-3-2-4-7-19)29(27(32)26(23)31)11-5-10-28-12-14-33-15-13-28/h2-4,6-9,17-18,24,30H,5,10-16H2,1H3/t18-,24-/m0/s1. The number of likely N-dealkylation sites (tertiary alicyclic amines) is 1. The average Bonchev–Trinajstić information content (AvgIpc) is 3.35. The zero-order valence-electron chi connectivity index (χ0n) is 19.4. The Kier molecular flexibility index (Phi) is 6.39. The van der Waals surface area contributed by atoms with Crippen LogP contribution in [-0.2, 0) is 20.7 Å². The summed E-state index contributed by atoms with van der Waals surface area (Å²) >= 11 is 0. The van der Waals surface area contributed by atoms with Gasteiger partial charge in [-0.2, -0.15) is 0 Å². The van der Waals surface area contributed by atoms with E-state index in [4.69, 9.17) is 9.47 Å². The van der Waals surface area contributed by atoms with Crippen molar-refractivity contribution in [3.8, 4) is 5.75 Å². The summed E-state index contributed by atoms with van der Waals surface area (Å²) < 4.78 is 11.2. The Morgan fingerprint density at radius 2 is 1.82 bits per heavy atom. The second-order valence-electron chi connectivity index (χ2n) is 9.17. The Labute approximate surface area is 199 Å². The van der Waals surface area contributed by atoms with Gasteiger partial charge in [-0.05, 0) is 42.7 Å². The second-order valence-corrected chi connectivity index (χ2v) is 9.17. The fraction of sp³-hybridized carbons (Fsp3) is 0.407. The van der Waals surface area contributed by atoms with Crippen molar-refractivity contribution < 1.29 is 24.2 Å². The first kappa shape index (κ1) is 22.6. The molecule has 3 aliphatic heterocycles. The molecule has 34 heavy (non-hydrogen) atoms. The van der Waals surface area contributed by atoms with Crippen LogP contribution < -0.4 is 4.74 Å². The van der Waals surface area contributed by atoms with Crippen LogP contribution in [0.4, 0.5) is 0 Å². The summed E-state index contributed by atoms with van der Waals surface area (Å²) in [6.45, 7) is 6.46. The van der Waals surface area contributed by atoms with Gasteiger partial charge in [-0.3, -0.25) is 14.5 Å². The van der Waals surface area contributed by atoms with E-state index in [1.54, 1.807) is 11.0 Å². The van der Waals surface area contributed by atoms with Gasteiger partial charge < -0.3 is 19.5 Å². The summed E-state index contributed by atoms with van der Waals surface area (Å²) in [5.41, 5.74) is 2.48. The van der Waals surface area contributed by atoms with Crippen LogP contribution in [-0.4, -0.2) is 72.1 Å². The predicted molar refractivity (Wildman–Crippen MR) is 128 cm³/mol. The van der Waals surface area contributed by atoms with Crippen molar-refractivity contribution in [3.05, 3.63) is 70.8 Å². The molecule has 0 saturated carbocycles. The van der Waals surface area contributed by atoms with E-state index < -0.39 is 17.7 Å². The minimum absolute atomic E-state index is 0.0776. The molecule has 2 saturated heterocycles. The second kappa shape index (κ2) is 9.60. The van der Waals surface area contributed by atoms with Crippen molar-refractivity contribution in [1.82, 2.24) is 9.80 Å². The third kappa shape index (κ3) is 4.33. The first-order chi connectivity index (χ1) is 16.5. The molecule has 7 nitrogen and oxygen atoms in total. The number of benzene rings is 2. The van der Waals surface area contributed by atoms with Crippen LogP contribution in [0.3, 0.4) is 0 Å². The van der Waals surface area contributed by atoms with E-state index in [9.17, 15) is 14.7 Å². The van der Waals surface area contributed by atoms with Crippen LogP contribution >= 0.6 is 0 Å². The molecular weight excluding hydrogens is 432 g/mol. The van der Waals surface area contributed by atoms with Gasteiger partial charge in [0.25, 0.3) is 11.7 Å². The summed E-state index contributed by atoms with van der Waals surface area (Å²) in [6, 6.07) is 14.3. The molecule has 0 spiro atoms. The summed E-state index contributed by atoms with van der Waals surface area (Å²) in [4.78, 5) is 30.3. The van der Waals surface area contributed by atoms with Gasteiger partial charge >= 0.3 is 0 Å². The first-order valence-corrected chi connectivity index (χ1v) is 12.0. The molecule has 0 unspecified atom stereocenters. The lowest BCUT2D eigenvalue weighted by Crippen LogP contribution is -2.38. The van der Waals surface area contributed by atoms with Gasteiger partial charge in [0.1, 0.15) is 17.6 Å². The lowest BCUT2D eigenvalue weighted by atomic mass is 9.94. The highest BCUT2D eigenvalue weighted by molar-refractivity contribution is 6.46. The first-order valence-electron chi connectivity index (χ1n) is 12.0. The van der Waals surface area contributed by atoms with Crippen LogP contribution in [0.2, 0.25) is 0 Å². The van der Waals surface area contributed by atoms with Crippen LogP contribution in [0, 0.1) is 0 Å². The van der Waals surface area contributed by atoms with Gasteiger partial charge in [-0.1, -0.05) is 30.3 Å². The van der Waals surface area contributed by atoms with Crippen molar-refractivity contribution in [1.29, 1.82) is 0 Å². The Balaban J connectivity index is 1.46. The third-order valence-corrected chi connectivity index (χ3v) is 6.80. The summed E-state index contributed by atoms with van der Waals surface area (Å²) in [7, 11) is 0. The van der Waals surface area contributed by atoms with E-state index in [0.29, 0.717) is 12.1 Å². The number of aliphatic hydroxyl groups is 1. The number of amides is 1. The molecule has 0 bridgehead atoms. The number of carbonyl (C=O) groups is 2. The van der Waals surface area contributed by atoms with Crippen molar-refractivity contribution in [2.45, 2.75) is 31.9 Å². The zero-order valence-corrected chi connectivity index (χ0v) is 19.4. The zero-order chi connectivity index (χ0) is 23.7. The van der Waals surface area contributed by atoms with Crippen LogP contribution in [0.5, 0.6) is 5.75 Å². The van der Waals surface area contributed by atoms with E-state index >= 15 is 0 Å². The lowest BCUT2D eigenvalue weighted by Gasteiger charge is -2.29. The smallest absolute Gasteiger partial charge is 0.295 e. The Hall–Kier alpha value is -3.16. The molecule has 2 fully saturated rings. The number of Topliss-reactive ketones (excluding diaryl/α,β-unsaturated/α-hetero) is 1. The Bertz CT molecular complexity index is 1110. The maximum Gasteiger partial charge on any atom is 0.295 e. The minimum atomic E-state index is -0.636. The Morgan fingerprint density at radius 3 is 2.59 bits per heavy atom. The highest BCUT2D eigenvalue weighted by Crippen LogP contribution is 2.40. The number of hydrogen-bond donors (Lipinski definition) is 1.